The van der Waals surface area contributed by atoms with E-state index in [1.807, 2.05) is 55.5 Å². The minimum Gasteiger partial charge on any atom is -0.310 e. The maximum atomic E-state index is 12.9. The fourth-order valence-electron chi connectivity index (χ4n) is 3.90. The van der Waals surface area contributed by atoms with Crippen LogP contribution in [0.25, 0.3) is 22.5 Å². The molecular formula is C27H24N6O. The van der Waals surface area contributed by atoms with Gasteiger partial charge in [-0.25, -0.2) is 9.67 Å². The van der Waals surface area contributed by atoms with E-state index in [9.17, 15) is 4.79 Å². The molecule has 168 valence electrons. The number of benzene rings is 1. The van der Waals surface area contributed by atoms with Crippen LogP contribution in [0.3, 0.4) is 0 Å². The van der Waals surface area contributed by atoms with Crippen molar-refractivity contribution in [2.75, 3.05) is 5.32 Å². The summed E-state index contributed by atoms with van der Waals surface area (Å²) in [4.78, 5) is 21.4. The van der Waals surface area contributed by atoms with Gasteiger partial charge in [-0.15, -0.1) is 5.10 Å². The lowest BCUT2D eigenvalue weighted by molar-refractivity contribution is -0.115. The lowest BCUT2D eigenvalue weighted by atomic mass is 10.0. The smallest absolute Gasteiger partial charge is 0.231 e. The van der Waals surface area contributed by atoms with E-state index in [-0.39, 0.29) is 12.3 Å². The molecule has 0 bridgehead atoms. The minimum absolute atomic E-state index is 0.0750. The zero-order valence-electron chi connectivity index (χ0n) is 18.8. The predicted molar refractivity (Wildman–Crippen MR) is 132 cm³/mol. The largest absolute Gasteiger partial charge is 0.310 e. The maximum Gasteiger partial charge on any atom is 0.231 e. The summed E-state index contributed by atoms with van der Waals surface area (Å²) in [6.45, 7) is 2.04. The molecule has 0 saturated carbocycles. The Morgan fingerprint density at radius 2 is 1.79 bits per heavy atom. The molecule has 1 aliphatic carbocycles. The quantitative estimate of drug-likeness (QED) is 0.451. The van der Waals surface area contributed by atoms with E-state index >= 15 is 0 Å². The van der Waals surface area contributed by atoms with Gasteiger partial charge in [-0.05, 0) is 55.2 Å². The van der Waals surface area contributed by atoms with Gasteiger partial charge in [0.05, 0.1) is 17.8 Å². The van der Waals surface area contributed by atoms with Crippen LogP contribution in [0.2, 0.25) is 0 Å². The molecule has 1 aromatic carbocycles. The molecule has 1 aliphatic rings. The number of anilines is 1. The monoisotopic (exact) mass is 448 g/mol. The Morgan fingerprint density at radius 1 is 1.00 bits per heavy atom. The summed E-state index contributed by atoms with van der Waals surface area (Å²) in [7, 11) is 0. The first-order valence-corrected chi connectivity index (χ1v) is 11.2. The molecule has 7 heteroatoms. The first kappa shape index (κ1) is 21.5. The van der Waals surface area contributed by atoms with Crippen LogP contribution < -0.4 is 5.32 Å². The normalized spacial score (nSPS) is 12.9. The van der Waals surface area contributed by atoms with Gasteiger partial charge in [-0.2, -0.15) is 0 Å². The van der Waals surface area contributed by atoms with Crippen molar-refractivity contribution < 1.29 is 4.79 Å². The Kier molecular flexibility index (Phi) is 6.07. The summed E-state index contributed by atoms with van der Waals surface area (Å²) in [6.07, 6.45) is 13.9. The van der Waals surface area contributed by atoms with Crippen LogP contribution in [0.1, 0.15) is 29.7 Å². The molecule has 3 aromatic heterocycles. The van der Waals surface area contributed by atoms with Gasteiger partial charge in [-0.3, -0.25) is 9.78 Å². The number of rotatable bonds is 6. The number of nitrogens with one attached hydrogen (secondary N) is 1. The summed E-state index contributed by atoms with van der Waals surface area (Å²) < 4.78 is 1.74. The number of nitrogens with zero attached hydrogens (tertiary/aromatic N) is 5. The molecule has 1 amide bonds. The Labute approximate surface area is 197 Å². The third-order valence-corrected chi connectivity index (χ3v) is 5.66. The Morgan fingerprint density at radius 3 is 2.50 bits per heavy atom. The van der Waals surface area contributed by atoms with Gasteiger partial charge in [0.1, 0.15) is 11.5 Å². The fraction of sp³-hybridized carbons (Fsp3) is 0.148. The predicted octanol–water partition coefficient (Wildman–Crippen LogP) is 4.95. The SMILES string of the molecule is Cc1ccc(-c2c(CC(=O)Nc3ccc(C4=CCCC=C4)cn3)nnn2-c2ccncc2)cc1. The number of carbonyl (C=O) groups excluding carboxylic acids is 1. The van der Waals surface area contributed by atoms with Crippen LogP contribution in [-0.4, -0.2) is 30.9 Å². The van der Waals surface area contributed by atoms with Crippen molar-refractivity contribution in [1.82, 2.24) is 25.0 Å². The number of hydrogen-bond acceptors (Lipinski definition) is 5. The van der Waals surface area contributed by atoms with E-state index in [0.29, 0.717) is 11.5 Å². The van der Waals surface area contributed by atoms with Gasteiger partial charge in [0.25, 0.3) is 0 Å². The minimum atomic E-state index is -0.202. The summed E-state index contributed by atoms with van der Waals surface area (Å²) in [5.74, 6) is 0.305. The molecule has 5 rings (SSSR count). The second-order valence-corrected chi connectivity index (χ2v) is 8.16. The standard InChI is InChI=1S/C27H24N6O/c1-19-7-9-21(10-8-19)27-24(31-32-33(27)23-13-15-28-16-14-23)17-26(34)30-25-12-11-22(18-29-25)20-5-3-2-4-6-20/h3,5-16,18H,2,4,17H2,1H3,(H,29,30,34). The average Bonchev–Trinajstić information content (AvgIpc) is 3.29. The molecule has 1 N–H and O–H groups in total. The van der Waals surface area contributed by atoms with Crippen molar-refractivity contribution >= 4 is 17.3 Å². The lowest BCUT2D eigenvalue weighted by Gasteiger charge is -2.10. The summed E-state index contributed by atoms with van der Waals surface area (Å²) in [5.41, 5.74) is 6.48. The molecule has 4 aromatic rings. The van der Waals surface area contributed by atoms with Gasteiger partial charge < -0.3 is 5.32 Å². The highest BCUT2D eigenvalue weighted by molar-refractivity contribution is 5.92. The molecule has 0 atom stereocenters. The third kappa shape index (κ3) is 4.68. The highest BCUT2D eigenvalue weighted by Gasteiger charge is 2.19. The first-order chi connectivity index (χ1) is 16.7. The van der Waals surface area contributed by atoms with Crippen molar-refractivity contribution in [1.29, 1.82) is 0 Å². The number of hydrogen-bond donors (Lipinski definition) is 1. The molecule has 0 fully saturated rings. The van der Waals surface area contributed by atoms with Crippen LogP contribution in [0.5, 0.6) is 0 Å². The molecule has 0 unspecified atom stereocenters. The van der Waals surface area contributed by atoms with Crippen LogP contribution in [-0.2, 0) is 11.2 Å². The van der Waals surface area contributed by atoms with Crippen molar-refractivity contribution in [3.05, 3.63) is 102 Å². The van der Waals surface area contributed by atoms with Crippen LogP contribution in [0.4, 0.5) is 5.82 Å². The van der Waals surface area contributed by atoms with E-state index in [2.05, 4.69) is 43.8 Å². The molecule has 0 spiro atoms. The van der Waals surface area contributed by atoms with Gasteiger partial charge in [0.2, 0.25) is 5.91 Å². The molecule has 7 nitrogen and oxygen atoms in total. The van der Waals surface area contributed by atoms with Crippen molar-refractivity contribution in [3.63, 3.8) is 0 Å². The van der Waals surface area contributed by atoms with Crippen LogP contribution in [0.15, 0.2) is 85.3 Å². The molecule has 34 heavy (non-hydrogen) atoms. The van der Waals surface area contributed by atoms with E-state index < -0.39 is 0 Å². The number of aromatic nitrogens is 5. The first-order valence-electron chi connectivity index (χ1n) is 11.2. The number of pyridine rings is 2. The number of carbonyl (C=O) groups is 1. The van der Waals surface area contributed by atoms with E-state index in [4.69, 9.17) is 0 Å². The Bertz CT molecular complexity index is 1350. The van der Waals surface area contributed by atoms with Crippen LogP contribution >= 0.6 is 0 Å². The number of amides is 1. The molecule has 3 heterocycles. The summed E-state index contributed by atoms with van der Waals surface area (Å²) >= 11 is 0. The molecular weight excluding hydrogens is 424 g/mol. The average molecular weight is 449 g/mol. The number of allylic oxidation sites excluding steroid dienone is 4. The Balaban J connectivity index is 1.38. The Hall–Kier alpha value is -4.39. The zero-order chi connectivity index (χ0) is 23.3. The maximum absolute atomic E-state index is 12.9. The van der Waals surface area contributed by atoms with E-state index in [0.717, 1.165) is 46.5 Å². The molecule has 0 radical (unpaired) electrons. The van der Waals surface area contributed by atoms with Crippen molar-refractivity contribution in [2.45, 2.75) is 26.2 Å². The second-order valence-electron chi connectivity index (χ2n) is 8.16. The molecule has 0 saturated heterocycles. The van der Waals surface area contributed by atoms with Crippen molar-refractivity contribution in [2.24, 2.45) is 0 Å². The topological polar surface area (TPSA) is 85.6 Å². The van der Waals surface area contributed by atoms with Gasteiger partial charge in [0.15, 0.2) is 0 Å². The summed E-state index contributed by atoms with van der Waals surface area (Å²) in [6, 6.07) is 15.6. The second kappa shape index (κ2) is 9.62. The fourth-order valence-corrected chi connectivity index (χ4v) is 3.90. The highest BCUT2D eigenvalue weighted by Crippen LogP contribution is 2.26. The van der Waals surface area contributed by atoms with E-state index in [1.165, 1.54) is 0 Å². The van der Waals surface area contributed by atoms with Gasteiger partial charge >= 0.3 is 0 Å². The van der Waals surface area contributed by atoms with Gasteiger partial charge in [0, 0.05) is 24.2 Å². The molecule has 0 aliphatic heterocycles. The highest BCUT2D eigenvalue weighted by atomic mass is 16.1. The van der Waals surface area contributed by atoms with Crippen LogP contribution in [0, 0.1) is 6.92 Å². The van der Waals surface area contributed by atoms with E-state index in [1.54, 1.807) is 23.3 Å². The zero-order valence-corrected chi connectivity index (χ0v) is 18.8. The lowest BCUT2D eigenvalue weighted by Crippen LogP contribution is -2.16. The van der Waals surface area contributed by atoms with Crippen molar-refractivity contribution in [3.8, 4) is 16.9 Å². The third-order valence-electron chi connectivity index (χ3n) is 5.66. The summed E-state index contributed by atoms with van der Waals surface area (Å²) in [5, 5.41) is 11.6. The van der Waals surface area contributed by atoms with Gasteiger partial charge in [-0.1, -0.05) is 53.3 Å². The number of aryl methyl sites for hydroxylation is 1.